The van der Waals surface area contributed by atoms with E-state index in [1.807, 2.05) is 20.8 Å². The third-order valence-corrected chi connectivity index (χ3v) is 2.74. The van der Waals surface area contributed by atoms with Crippen molar-refractivity contribution in [3.05, 3.63) is 23.2 Å². The minimum Gasteiger partial charge on any atom is -0.476 e. The van der Waals surface area contributed by atoms with Crippen LogP contribution in [0.3, 0.4) is 0 Å². The highest BCUT2D eigenvalue weighted by Gasteiger charge is 2.21. The lowest BCUT2D eigenvalue weighted by molar-refractivity contribution is 0.0689. The van der Waals surface area contributed by atoms with Gasteiger partial charge in [-0.05, 0) is 12.3 Å². The van der Waals surface area contributed by atoms with Crippen LogP contribution in [0.15, 0.2) is 4.42 Å². The number of hydrogen-bond acceptors (Lipinski definition) is 6. The molecule has 0 spiro atoms. The van der Waals surface area contributed by atoms with Crippen molar-refractivity contribution < 1.29 is 14.3 Å². The summed E-state index contributed by atoms with van der Waals surface area (Å²) in [4.78, 5) is 11.2. The predicted molar refractivity (Wildman–Crippen MR) is 68.3 cm³/mol. The number of carboxylic acid groups (broad SMARTS) is 1. The maximum absolute atomic E-state index is 11.2. The first-order valence-electron chi connectivity index (χ1n) is 6.48. The lowest BCUT2D eigenvalue weighted by Crippen LogP contribution is -2.12. The Balaban J connectivity index is 2.28. The van der Waals surface area contributed by atoms with Gasteiger partial charge in [0.2, 0.25) is 11.8 Å². The van der Waals surface area contributed by atoms with Crippen LogP contribution < -0.4 is 0 Å². The molecule has 2 aromatic heterocycles. The standard InChI is InChI=1S/C12H17N5O3/c1-4-9-13-14-10(20-9)6-17-8(5-7(2)3)11(12(18)19)15-16-17/h7H,4-6H2,1-3H3,(H,18,19). The summed E-state index contributed by atoms with van der Waals surface area (Å²) in [7, 11) is 0. The highest BCUT2D eigenvalue weighted by atomic mass is 16.4. The molecule has 20 heavy (non-hydrogen) atoms. The lowest BCUT2D eigenvalue weighted by atomic mass is 10.1. The molecule has 0 atom stereocenters. The Morgan fingerprint density at radius 3 is 2.55 bits per heavy atom. The molecule has 2 heterocycles. The molecule has 0 bridgehead atoms. The van der Waals surface area contributed by atoms with Crippen molar-refractivity contribution in [2.45, 2.75) is 40.2 Å². The molecule has 8 nitrogen and oxygen atoms in total. The summed E-state index contributed by atoms with van der Waals surface area (Å²) in [5, 5.41) is 24.5. The van der Waals surface area contributed by atoms with Crippen molar-refractivity contribution in [1.82, 2.24) is 25.2 Å². The van der Waals surface area contributed by atoms with E-state index in [1.165, 1.54) is 4.68 Å². The van der Waals surface area contributed by atoms with Gasteiger partial charge in [0.25, 0.3) is 0 Å². The molecular weight excluding hydrogens is 262 g/mol. The van der Waals surface area contributed by atoms with Gasteiger partial charge in [0.15, 0.2) is 5.69 Å². The summed E-state index contributed by atoms with van der Waals surface area (Å²) in [5.74, 6) is 0.156. The van der Waals surface area contributed by atoms with Gasteiger partial charge in [-0.15, -0.1) is 15.3 Å². The van der Waals surface area contributed by atoms with Gasteiger partial charge in [-0.2, -0.15) is 0 Å². The van der Waals surface area contributed by atoms with Gasteiger partial charge in [0.1, 0.15) is 6.54 Å². The molecule has 0 aliphatic carbocycles. The van der Waals surface area contributed by atoms with Gasteiger partial charge in [-0.1, -0.05) is 26.0 Å². The van der Waals surface area contributed by atoms with Crippen molar-refractivity contribution in [3.8, 4) is 0 Å². The number of aromatic carboxylic acids is 1. The van der Waals surface area contributed by atoms with E-state index >= 15 is 0 Å². The van der Waals surface area contributed by atoms with Crippen molar-refractivity contribution in [2.75, 3.05) is 0 Å². The van der Waals surface area contributed by atoms with Gasteiger partial charge in [-0.25, -0.2) is 9.48 Å². The molecule has 0 aromatic carbocycles. The molecule has 0 aliphatic rings. The second-order valence-electron chi connectivity index (χ2n) is 4.89. The molecular formula is C12H17N5O3. The molecule has 2 aromatic rings. The first-order valence-corrected chi connectivity index (χ1v) is 6.48. The number of carboxylic acids is 1. The number of nitrogens with zero attached hydrogens (tertiary/aromatic N) is 5. The van der Waals surface area contributed by atoms with Crippen LogP contribution in [0.4, 0.5) is 0 Å². The van der Waals surface area contributed by atoms with Crippen LogP contribution in [0.5, 0.6) is 0 Å². The number of carbonyl (C=O) groups is 1. The molecule has 0 fully saturated rings. The number of aromatic nitrogens is 5. The summed E-state index contributed by atoms with van der Waals surface area (Å²) in [6.07, 6.45) is 1.23. The fourth-order valence-corrected chi connectivity index (χ4v) is 1.84. The maximum Gasteiger partial charge on any atom is 0.358 e. The number of hydrogen-bond donors (Lipinski definition) is 1. The summed E-state index contributed by atoms with van der Waals surface area (Å²) < 4.78 is 6.92. The van der Waals surface area contributed by atoms with E-state index < -0.39 is 5.97 Å². The first kappa shape index (κ1) is 14.2. The zero-order valence-electron chi connectivity index (χ0n) is 11.7. The van der Waals surface area contributed by atoms with Crippen LogP contribution >= 0.6 is 0 Å². The minimum absolute atomic E-state index is 0.0195. The SMILES string of the molecule is CCc1nnc(Cn2nnc(C(=O)O)c2CC(C)C)o1. The quantitative estimate of drug-likeness (QED) is 0.845. The van der Waals surface area contributed by atoms with Crippen molar-refractivity contribution in [2.24, 2.45) is 5.92 Å². The minimum atomic E-state index is -1.08. The smallest absolute Gasteiger partial charge is 0.358 e. The highest BCUT2D eigenvalue weighted by molar-refractivity contribution is 5.86. The number of aryl methyl sites for hydroxylation is 1. The second-order valence-corrected chi connectivity index (χ2v) is 4.89. The summed E-state index contributed by atoms with van der Waals surface area (Å²) in [6.45, 7) is 6.16. The summed E-state index contributed by atoms with van der Waals surface area (Å²) >= 11 is 0. The zero-order chi connectivity index (χ0) is 14.7. The van der Waals surface area contributed by atoms with Crippen LogP contribution in [-0.4, -0.2) is 36.3 Å². The molecule has 0 saturated heterocycles. The average Bonchev–Trinajstić information content (AvgIpc) is 2.97. The van der Waals surface area contributed by atoms with Crippen molar-refractivity contribution >= 4 is 5.97 Å². The van der Waals surface area contributed by atoms with Gasteiger partial charge < -0.3 is 9.52 Å². The van der Waals surface area contributed by atoms with E-state index in [-0.39, 0.29) is 12.2 Å². The first-order chi connectivity index (χ1) is 9.51. The van der Waals surface area contributed by atoms with E-state index in [4.69, 9.17) is 9.52 Å². The van der Waals surface area contributed by atoms with E-state index in [0.29, 0.717) is 36.2 Å². The molecule has 2 rings (SSSR count). The molecule has 8 heteroatoms. The third kappa shape index (κ3) is 3.01. The Labute approximate surface area is 115 Å². The Morgan fingerprint density at radius 2 is 2.00 bits per heavy atom. The fraction of sp³-hybridized carbons (Fsp3) is 0.583. The third-order valence-electron chi connectivity index (χ3n) is 2.74. The molecule has 0 unspecified atom stereocenters. The summed E-state index contributed by atoms with van der Waals surface area (Å²) in [5.41, 5.74) is 0.553. The molecule has 108 valence electrons. The van der Waals surface area contributed by atoms with E-state index in [9.17, 15) is 4.79 Å². The number of rotatable bonds is 6. The van der Waals surface area contributed by atoms with Gasteiger partial charge in [0, 0.05) is 6.42 Å². The largest absolute Gasteiger partial charge is 0.476 e. The van der Waals surface area contributed by atoms with E-state index in [2.05, 4.69) is 20.5 Å². The Kier molecular flexibility index (Phi) is 4.11. The zero-order valence-corrected chi connectivity index (χ0v) is 11.7. The Hall–Kier alpha value is -2.25. The normalized spacial score (nSPS) is 11.2. The molecule has 0 saturated carbocycles. The van der Waals surface area contributed by atoms with Crippen molar-refractivity contribution in [1.29, 1.82) is 0 Å². The van der Waals surface area contributed by atoms with Crippen LogP contribution in [0.1, 0.15) is 48.7 Å². The van der Waals surface area contributed by atoms with Crippen LogP contribution in [0, 0.1) is 5.92 Å². The van der Waals surface area contributed by atoms with Crippen molar-refractivity contribution in [3.63, 3.8) is 0 Å². The Morgan fingerprint density at radius 1 is 1.30 bits per heavy atom. The lowest BCUT2D eigenvalue weighted by Gasteiger charge is -2.07. The van der Waals surface area contributed by atoms with Gasteiger partial charge in [-0.3, -0.25) is 0 Å². The van der Waals surface area contributed by atoms with Crippen LogP contribution in [0.25, 0.3) is 0 Å². The highest BCUT2D eigenvalue weighted by Crippen LogP contribution is 2.13. The monoisotopic (exact) mass is 279 g/mol. The van der Waals surface area contributed by atoms with Crippen LogP contribution in [-0.2, 0) is 19.4 Å². The Bertz CT molecular complexity index is 602. The van der Waals surface area contributed by atoms with E-state index in [0.717, 1.165) is 0 Å². The molecule has 0 radical (unpaired) electrons. The molecule has 0 aliphatic heterocycles. The van der Waals surface area contributed by atoms with Gasteiger partial charge >= 0.3 is 5.97 Å². The van der Waals surface area contributed by atoms with Gasteiger partial charge in [0.05, 0.1) is 5.69 Å². The predicted octanol–water partition coefficient (Wildman–Crippen LogP) is 1.17. The average molecular weight is 279 g/mol. The molecule has 1 N–H and O–H groups in total. The fourth-order valence-electron chi connectivity index (χ4n) is 1.84. The molecule has 0 amide bonds. The van der Waals surface area contributed by atoms with Crippen LogP contribution in [0.2, 0.25) is 0 Å². The van der Waals surface area contributed by atoms with E-state index in [1.54, 1.807) is 0 Å². The maximum atomic E-state index is 11.2. The second kappa shape index (κ2) is 5.81. The summed E-state index contributed by atoms with van der Waals surface area (Å²) in [6, 6.07) is 0. The topological polar surface area (TPSA) is 107 Å².